The molecule has 5 heteroatoms. The summed E-state index contributed by atoms with van der Waals surface area (Å²) in [5.74, 6) is 1.48. The number of benzene rings is 2. The molecule has 4 rings (SSSR count). The van der Waals surface area contributed by atoms with Gasteiger partial charge in [0.2, 0.25) is 0 Å². The van der Waals surface area contributed by atoms with Gasteiger partial charge in [0.15, 0.2) is 0 Å². The molecular formula is C18H15N3OS. The molecule has 4 aromatic rings. The van der Waals surface area contributed by atoms with Crippen LogP contribution in [0.1, 0.15) is 5.56 Å². The Bertz CT molecular complexity index is 914. The number of hydrogen-bond acceptors (Lipinski definition) is 4. The van der Waals surface area contributed by atoms with Crippen molar-refractivity contribution in [3.8, 4) is 11.5 Å². The van der Waals surface area contributed by atoms with Crippen molar-refractivity contribution in [2.75, 3.05) is 5.75 Å². The first-order valence-electron chi connectivity index (χ1n) is 7.47. The van der Waals surface area contributed by atoms with Crippen LogP contribution in [0.15, 0.2) is 70.4 Å². The average Bonchev–Trinajstić information content (AvgIpc) is 3.22. The molecule has 0 aliphatic rings. The molecule has 4 nitrogen and oxygen atoms in total. The summed E-state index contributed by atoms with van der Waals surface area (Å²) in [4.78, 5) is 3.23. The summed E-state index contributed by atoms with van der Waals surface area (Å²) in [7, 11) is 0. The first-order valence-corrected chi connectivity index (χ1v) is 8.45. The molecule has 0 atom stereocenters. The number of para-hydroxylation sites is 1. The van der Waals surface area contributed by atoms with E-state index in [0.717, 1.165) is 28.6 Å². The van der Waals surface area contributed by atoms with Gasteiger partial charge in [-0.2, -0.15) is 0 Å². The fraction of sp³-hybridized carbons (Fsp3) is 0.111. The highest BCUT2D eigenvalue weighted by Gasteiger charge is 2.13. The van der Waals surface area contributed by atoms with Crippen LogP contribution in [0.25, 0.3) is 22.4 Å². The highest BCUT2D eigenvalue weighted by Crippen LogP contribution is 2.29. The molecule has 2 aromatic heterocycles. The highest BCUT2D eigenvalue weighted by atomic mass is 32.2. The third-order valence-electron chi connectivity index (χ3n) is 3.69. The van der Waals surface area contributed by atoms with Gasteiger partial charge in [0.25, 0.3) is 11.1 Å². The maximum Gasteiger partial charge on any atom is 0.276 e. The maximum absolute atomic E-state index is 5.79. The van der Waals surface area contributed by atoms with Crippen LogP contribution in [-0.2, 0) is 6.42 Å². The lowest BCUT2D eigenvalue weighted by molar-refractivity contribution is 0.466. The minimum atomic E-state index is 0.560. The molecule has 2 aromatic carbocycles. The van der Waals surface area contributed by atoms with E-state index in [1.165, 1.54) is 5.56 Å². The van der Waals surface area contributed by atoms with Crippen molar-refractivity contribution >= 4 is 22.7 Å². The molecule has 0 amide bonds. The summed E-state index contributed by atoms with van der Waals surface area (Å²) in [6, 6.07) is 18.5. The van der Waals surface area contributed by atoms with Crippen molar-refractivity contribution in [3.63, 3.8) is 0 Å². The minimum absolute atomic E-state index is 0.560. The summed E-state index contributed by atoms with van der Waals surface area (Å²) < 4.78 is 5.79. The van der Waals surface area contributed by atoms with Crippen LogP contribution in [0.4, 0.5) is 0 Å². The maximum atomic E-state index is 5.79. The van der Waals surface area contributed by atoms with Gasteiger partial charge in [-0.05, 0) is 18.1 Å². The van der Waals surface area contributed by atoms with Crippen LogP contribution in [0, 0.1) is 0 Å². The Morgan fingerprint density at radius 1 is 0.957 bits per heavy atom. The standard InChI is InChI=1S/C18H15N3OS/c1-2-6-13(7-3-1)10-11-23-18-21-20-17(22-18)15-12-19-16-9-5-4-8-14(15)16/h1-9,12,19H,10-11H2. The molecule has 0 unspecified atom stereocenters. The second-order valence-corrected chi connectivity index (χ2v) is 6.25. The summed E-state index contributed by atoms with van der Waals surface area (Å²) in [5, 5.41) is 10.0. The summed E-state index contributed by atoms with van der Waals surface area (Å²) in [5.41, 5.74) is 3.33. The first-order chi connectivity index (χ1) is 11.4. The van der Waals surface area contributed by atoms with Gasteiger partial charge in [0.05, 0.1) is 5.56 Å². The van der Waals surface area contributed by atoms with Crippen molar-refractivity contribution in [3.05, 3.63) is 66.4 Å². The van der Waals surface area contributed by atoms with E-state index in [4.69, 9.17) is 4.42 Å². The lowest BCUT2D eigenvalue weighted by atomic mass is 10.2. The zero-order valence-electron chi connectivity index (χ0n) is 12.4. The van der Waals surface area contributed by atoms with Gasteiger partial charge in [0, 0.05) is 22.9 Å². The Hall–Kier alpha value is -2.53. The van der Waals surface area contributed by atoms with Gasteiger partial charge in [-0.1, -0.05) is 60.3 Å². The zero-order valence-corrected chi connectivity index (χ0v) is 13.2. The summed E-state index contributed by atoms with van der Waals surface area (Å²) >= 11 is 1.59. The third-order valence-corrected chi connectivity index (χ3v) is 4.51. The predicted molar refractivity (Wildman–Crippen MR) is 92.5 cm³/mol. The average molecular weight is 321 g/mol. The lowest BCUT2D eigenvalue weighted by Gasteiger charge is -1.98. The van der Waals surface area contributed by atoms with E-state index in [-0.39, 0.29) is 0 Å². The van der Waals surface area contributed by atoms with Crippen molar-refractivity contribution in [1.29, 1.82) is 0 Å². The fourth-order valence-electron chi connectivity index (χ4n) is 2.53. The largest absolute Gasteiger partial charge is 0.411 e. The van der Waals surface area contributed by atoms with Gasteiger partial charge in [-0.3, -0.25) is 0 Å². The van der Waals surface area contributed by atoms with E-state index < -0.39 is 0 Å². The van der Waals surface area contributed by atoms with Crippen molar-refractivity contribution in [2.24, 2.45) is 0 Å². The van der Waals surface area contributed by atoms with Gasteiger partial charge >= 0.3 is 0 Å². The normalized spacial score (nSPS) is 11.1. The van der Waals surface area contributed by atoms with Crippen molar-refractivity contribution in [1.82, 2.24) is 15.2 Å². The predicted octanol–water partition coefficient (Wildman–Crippen LogP) is 4.55. The van der Waals surface area contributed by atoms with E-state index in [1.807, 2.05) is 36.5 Å². The number of aromatic amines is 1. The number of aryl methyl sites for hydroxylation is 1. The van der Waals surface area contributed by atoms with Gasteiger partial charge in [-0.25, -0.2) is 0 Å². The molecule has 1 N–H and O–H groups in total. The van der Waals surface area contributed by atoms with E-state index in [2.05, 4.69) is 39.4 Å². The number of fused-ring (bicyclic) bond motifs is 1. The van der Waals surface area contributed by atoms with Crippen LogP contribution in [0.3, 0.4) is 0 Å². The van der Waals surface area contributed by atoms with E-state index >= 15 is 0 Å². The highest BCUT2D eigenvalue weighted by molar-refractivity contribution is 7.99. The smallest absolute Gasteiger partial charge is 0.276 e. The lowest BCUT2D eigenvalue weighted by Crippen LogP contribution is -1.87. The fourth-order valence-corrected chi connectivity index (χ4v) is 3.28. The molecular weight excluding hydrogens is 306 g/mol. The number of hydrogen-bond donors (Lipinski definition) is 1. The second kappa shape index (κ2) is 6.30. The molecule has 0 radical (unpaired) electrons. The second-order valence-electron chi connectivity index (χ2n) is 5.21. The monoisotopic (exact) mass is 321 g/mol. The first kappa shape index (κ1) is 14.1. The molecule has 0 bridgehead atoms. The van der Waals surface area contributed by atoms with E-state index in [0.29, 0.717) is 11.1 Å². The van der Waals surface area contributed by atoms with Gasteiger partial charge in [-0.15, -0.1) is 10.2 Å². The number of aromatic nitrogens is 3. The molecule has 0 aliphatic heterocycles. The number of nitrogens with zero attached hydrogens (tertiary/aromatic N) is 2. The molecule has 0 aliphatic carbocycles. The molecule has 0 saturated heterocycles. The van der Waals surface area contributed by atoms with E-state index in [9.17, 15) is 0 Å². The van der Waals surface area contributed by atoms with Crippen molar-refractivity contribution in [2.45, 2.75) is 11.6 Å². The molecule has 0 fully saturated rings. The van der Waals surface area contributed by atoms with Crippen LogP contribution < -0.4 is 0 Å². The Balaban J connectivity index is 1.47. The van der Waals surface area contributed by atoms with Gasteiger partial charge < -0.3 is 9.40 Å². The number of thioether (sulfide) groups is 1. The van der Waals surface area contributed by atoms with Gasteiger partial charge in [0.1, 0.15) is 0 Å². The Morgan fingerprint density at radius 2 is 1.78 bits per heavy atom. The topological polar surface area (TPSA) is 54.7 Å². The molecule has 114 valence electrons. The summed E-state index contributed by atoms with van der Waals surface area (Å²) in [6.45, 7) is 0. The SMILES string of the molecule is c1ccc(CCSc2nnc(-c3c[nH]c4ccccc34)o2)cc1. The van der Waals surface area contributed by atoms with Crippen LogP contribution in [0.2, 0.25) is 0 Å². The zero-order chi connectivity index (χ0) is 15.5. The number of nitrogens with one attached hydrogen (secondary N) is 1. The van der Waals surface area contributed by atoms with Crippen LogP contribution >= 0.6 is 11.8 Å². The van der Waals surface area contributed by atoms with Crippen molar-refractivity contribution < 1.29 is 4.42 Å². The number of H-pyrrole nitrogens is 1. The van der Waals surface area contributed by atoms with Crippen LogP contribution in [-0.4, -0.2) is 20.9 Å². The molecule has 2 heterocycles. The summed E-state index contributed by atoms with van der Waals surface area (Å²) in [6.07, 6.45) is 2.90. The number of rotatable bonds is 5. The Labute approximate surface area is 137 Å². The Kier molecular flexibility index (Phi) is 3.86. The molecule has 0 saturated carbocycles. The minimum Gasteiger partial charge on any atom is -0.411 e. The van der Waals surface area contributed by atoms with Crippen LogP contribution in [0.5, 0.6) is 0 Å². The quantitative estimate of drug-likeness (QED) is 0.548. The molecule has 23 heavy (non-hydrogen) atoms. The Morgan fingerprint density at radius 3 is 2.70 bits per heavy atom. The third kappa shape index (κ3) is 3.00. The van der Waals surface area contributed by atoms with E-state index in [1.54, 1.807) is 11.8 Å². The molecule has 0 spiro atoms.